The molecule has 22 heavy (non-hydrogen) atoms. The molecule has 0 aliphatic heterocycles. The number of nitrogens with one attached hydrogen (secondary N) is 1. The van der Waals surface area contributed by atoms with Gasteiger partial charge in [0.05, 0.1) is 6.61 Å². The van der Waals surface area contributed by atoms with Gasteiger partial charge in [-0.3, -0.25) is 4.79 Å². The molecule has 2 aromatic heterocycles. The summed E-state index contributed by atoms with van der Waals surface area (Å²) in [7, 11) is 0. The Morgan fingerprint density at radius 1 is 1.50 bits per heavy atom. The molecule has 1 saturated carbocycles. The second kappa shape index (κ2) is 5.64. The number of hydrogen-bond donors (Lipinski definition) is 1. The molecule has 1 aliphatic carbocycles. The van der Waals surface area contributed by atoms with Crippen LogP contribution in [-0.2, 0) is 11.2 Å². The minimum absolute atomic E-state index is 0.0202. The summed E-state index contributed by atoms with van der Waals surface area (Å²) in [6.07, 6.45) is 4.32. The molecule has 0 unspecified atom stereocenters. The highest BCUT2D eigenvalue weighted by Crippen LogP contribution is 2.36. The average molecular weight is 319 g/mol. The predicted molar refractivity (Wildman–Crippen MR) is 84.8 cm³/mol. The van der Waals surface area contributed by atoms with Gasteiger partial charge in [-0.05, 0) is 19.8 Å². The standard InChI is InChI=1S/C15H17N3O3S/c1-3-10-16-13-11(14(22)17-10)12(19)9(15(20)21-4-2)7-18(13)8-5-6-8/h7-8H,3-6H2,1-2H3,(H,16,17,22). The van der Waals surface area contributed by atoms with Gasteiger partial charge in [-0.15, -0.1) is 0 Å². The molecule has 0 aromatic carbocycles. The number of aromatic nitrogens is 3. The summed E-state index contributed by atoms with van der Waals surface area (Å²) in [5.74, 6) is 0.118. The fraction of sp³-hybridized carbons (Fsp3) is 0.467. The number of aromatic amines is 1. The highest BCUT2D eigenvalue weighted by atomic mass is 32.1. The predicted octanol–water partition coefficient (Wildman–Crippen LogP) is 2.53. The molecule has 1 aliphatic rings. The number of hydrogen-bond acceptors (Lipinski definition) is 5. The SMILES string of the molecule is CCOC(=O)c1cn(C2CC2)c2[nH]c(CC)nc(=S)c2c1=O. The first-order valence-electron chi connectivity index (χ1n) is 7.42. The van der Waals surface area contributed by atoms with E-state index >= 15 is 0 Å². The normalized spacial score (nSPS) is 14.3. The van der Waals surface area contributed by atoms with Gasteiger partial charge < -0.3 is 14.3 Å². The Balaban J connectivity index is 2.36. The van der Waals surface area contributed by atoms with E-state index in [1.807, 2.05) is 11.5 Å². The van der Waals surface area contributed by atoms with Crippen LogP contribution in [0.2, 0.25) is 0 Å². The molecule has 1 N–H and O–H groups in total. The zero-order valence-corrected chi connectivity index (χ0v) is 13.3. The first kappa shape index (κ1) is 14.9. The first-order valence-corrected chi connectivity index (χ1v) is 7.82. The number of carbonyl (C=O) groups is 1. The number of aryl methyl sites for hydroxylation is 1. The van der Waals surface area contributed by atoms with Crippen molar-refractivity contribution in [3.8, 4) is 0 Å². The van der Waals surface area contributed by atoms with Crippen LogP contribution in [0.15, 0.2) is 11.0 Å². The summed E-state index contributed by atoms with van der Waals surface area (Å²) in [4.78, 5) is 32.1. The number of carbonyl (C=O) groups excluding carboxylic acids is 1. The van der Waals surface area contributed by atoms with Gasteiger partial charge in [-0.2, -0.15) is 0 Å². The molecule has 6 nitrogen and oxygen atoms in total. The maximum Gasteiger partial charge on any atom is 0.343 e. The summed E-state index contributed by atoms with van der Waals surface area (Å²) in [6, 6.07) is 0.286. The van der Waals surface area contributed by atoms with Crippen molar-refractivity contribution in [2.75, 3.05) is 6.61 Å². The van der Waals surface area contributed by atoms with Gasteiger partial charge in [0, 0.05) is 18.7 Å². The van der Waals surface area contributed by atoms with Crippen molar-refractivity contribution < 1.29 is 9.53 Å². The Morgan fingerprint density at radius 3 is 2.82 bits per heavy atom. The fourth-order valence-electron chi connectivity index (χ4n) is 2.46. The summed E-state index contributed by atoms with van der Waals surface area (Å²) < 4.78 is 7.14. The molecule has 0 spiro atoms. The number of rotatable bonds is 4. The van der Waals surface area contributed by atoms with Crippen LogP contribution in [-0.4, -0.2) is 27.1 Å². The lowest BCUT2D eigenvalue weighted by molar-refractivity contribution is 0.0524. The third kappa shape index (κ3) is 2.45. The molecule has 0 atom stereocenters. The van der Waals surface area contributed by atoms with Gasteiger partial charge in [0.2, 0.25) is 5.43 Å². The van der Waals surface area contributed by atoms with Crippen LogP contribution in [0.5, 0.6) is 0 Å². The van der Waals surface area contributed by atoms with Crippen LogP contribution in [0.1, 0.15) is 48.9 Å². The van der Waals surface area contributed by atoms with Crippen LogP contribution in [0.4, 0.5) is 0 Å². The lowest BCUT2D eigenvalue weighted by Gasteiger charge is -2.13. The Labute approximate surface area is 132 Å². The average Bonchev–Trinajstić information content (AvgIpc) is 3.31. The molecule has 2 aromatic rings. The van der Waals surface area contributed by atoms with Crippen molar-refractivity contribution in [3.05, 3.63) is 32.4 Å². The second-order valence-corrected chi connectivity index (χ2v) is 5.68. The van der Waals surface area contributed by atoms with Gasteiger partial charge in [-0.25, -0.2) is 9.78 Å². The topological polar surface area (TPSA) is 77.0 Å². The van der Waals surface area contributed by atoms with E-state index in [0.29, 0.717) is 17.5 Å². The molecule has 3 rings (SSSR count). The van der Waals surface area contributed by atoms with Crippen molar-refractivity contribution in [1.29, 1.82) is 0 Å². The van der Waals surface area contributed by atoms with Crippen LogP contribution in [0.25, 0.3) is 11.0 Å². The van der Waals surface area contributed by atoms with Crippen molar-refractivity contribution in [3.63, 3.8) is 0 Å². The number of H-pyrrole nitrogens is 1. The first-order chi connectivity index (χ1) is 10.6. The van der Waals surface area contributed by atoms with Gasteiger partial charge in [-0.1, -0.05) is 19.1 Å². The van der Waals surface area contributed by atoms with Gasteiger partial charge >= 0.3 is 5.97 Å². The van der Waals surface area contributed by atoms with Crippen molar-refractivity contribution in [2.24, 2.45) is 0 Å². The van der Waals surface area contributed by atoms with Crippen molar-refractivity contribution in [2.45, 2.75) is 39.2 Å². The number of nitrogens with zero attached hydrogens (tertiary/aromatic N) is 2. The molecule has 7 heteroatoms. The number of esters is 1. The number of pyridine rings is 1. The Bertz CT molecular complexity index is 865. The van der Waals surface area contributed by atoms with Crippen LogP contribution in [0, 0.1) is 4.64 Å². The Morgan fingerprint density at radius 2 is 2.23 bits per heavy atom. The molecule has 0 radical (unpaired) electrons. The maximum absolute atomic E-state index is 12.6. The smallest absolute Gasteiger partial charge is 0.343 e. The molecule has 1 fully saturated rings. The maximum atomic E-state index is 12.6. The molecular formula is C15H17N3O3S. The third-order valence-electron chi connectivity index (χ3n) is 3.72. The highest BCUT2D eigenvalue weighted by molar-refractivity contribution is 7.71. The highest BCUT2D eigenvalue weighted by Gasteiger charge is 2.28. The summed E-state index contributed by atoms with van der Waals surface area (Å²) in [5, 5.41) is 0.296. The molecular weight excluding hydrogens is 302 g/mol. The lowest BCUT2D eigenvalue weighted by Crippen LogP contribution is -2.22. The molecule has 0 saturated heterocycles. The minimum atomic E-state index is -0.613. The Kier molecular flexibility index (Phi) is 3.82. The summed E-state index contributed by atoms with van der Waals surface area (Å²) in [6.45, 7) is 3.89. The summed E-state index contributed by atoms with van der Waals surface area (Å²) >= 11 is 5.28. The lowest BCUT2D eigenvalue weighted by atomic mass is 10.2. The molecule has 0 bridgehead atoms. The van der Waals surface area contributed by atoms with E-state index in [2.05, 4.69) is 9.97 Å². The quantitative estimate of drug-likeness (QED) is 0.692. The van der Waals surface area contributed by atoms with E-state index in [0.717, 1.165) is 18.7 Å². The van der Waals surface area contributed by atoms with E-state index in [1.165, 1.54) is 0 Å². The minimum Gasteiger partial charge on any atom is -0.462 e. The van der Waals surface area contributed by atoms with Crippen molar-refractivity contribution >= 4 is 29.2 Å². The molecule has 0 amide bonds. The second-order valence-electron chi connectivity index (χ2n) is 5.30. The number of fused-ring (bicyclic) bond motifs is 1. The van der Waals surface area contributed by atoms with Gasteiger partial charge in [0.25, 0.3) is 0 Å². The molecule has 116 valence electrons. The third-order valence-corrected chi connectivity index (χ3v) is 4.01. The fourth-order valence-corrected chi connectivity index (χ4v) is 2.76. The van der Waals surface area contributed by atoms with E-state index in [1.54, 1.807) is 13.1 Å². The summed E-state index contributed by atoms with van der Waals surface area (Å²) in [5.41, 5.74) is 0.256. The van der Waals surface area contributed by atoms with Gasteiger partial charge in [0.1, 0.15) is 27.1 Å². The van der Waals surface area contributed by atoms with E-state index in [4.69, 9.17) is 17.0 Å². The molecule has 2 heterocycles. The van der Waals surface area contributed by atoms with Crippen LogP contribution < -0.4 is 5.43 Å². The zero-order chi connectivity index (χ0) is 15.9. The van der Waals surface area contributed by atoms with E-state index < -0.39 is 11.4 Å². The van der Waals surface area contributed by atoms with E-state index in [-0.39, 0.29) is 22.9 Å². The Hall–Kier alpha value is -2.02. The van der Waals surface area contributed by atoms with Crippen LogP contribution in [0.3, 0.4) is 0 Å². The van der Waals surface area contributed by atoms with E-state index in [9.17, 15) is 9.59 Å². The zero-order valence-electron chi connectivity index (χ0n) is 12.5. The van der Waals surface area contributed by atoms with Gasteiger partial charge in [0.15, 0.2) is 0 Å². The van der Waals surface area contributed by atoms with Crippen LogP contribution >= 0.6 is 12.2 Å². The largest absolute Gasteiger partial charge is 0.462 e. The monoisotopic (exact) mass is 319 g/mol. The van der Waals surface area contributed by atoms with Crippen molar-refractivity contribution in [1.82, 2.24) is 14.5 Å². The number of ether oxygens (including phenoxy) is 1.